The average molecular weight is 261 g/mol. The van der Waals surface area contributed by atoms with E-state index in [2.05, 4.69) is 4.98 Å². The van der Waals surface area contributed by atoms with E-state index in [0.29, 0.717) is 19.0 Å². The van der Waals surface area contributed by atoms with Crippen LogP contribution in [0.2, 0.25) is 0 Å². The summed E-state index contributed by atoms with van der Waals surface area (Å²) in [6.07, 6.45) is 0. The predicted molar refractivity (Wildman–Crippen MR) is 73.4 cm³/mol. The number of hydrogen-bond acceptors (Lipinski definition) is 4. The van der Waals surface area contributed by atoms with Crippen molar-refractivity contribution in [1.29, 1.82) is 0 Å². The maximum Gasteiger partial charge on any atom is 0.226 e. The number of hydrogen-bond donors (Lipinski definition) is 1. The van der Waals surface area contributed by atoms with Gasteiger partial charge in [0.1, 0.15) is 5.52 Å². The highest BCUT2D eigenvalue weighted by Crippen LogP contribution is 2.18. The molecule has 2 aromatic rings. The van der Waals surface area contributed by atoms with Crippen molar-refractivity contribution in [3.63, 3.8) is 0 Å². The molecule has 1 unspecified atom stereocenters. The first-order valence-corrected chi connectivity index (χ1v) is 6.32. The van der Waals surface area contributed by atoms with Gasteiger partial charge >= 0.3 is 0 Å². The molecule has 1 amide bonds. The molecule has 0 aliphatic heterocycles. The van der Waals surface area contributed by atoms with Gasteiger partial charge in [0.15, 0.2) is 11.5 Å². The van der Waals surface area contributed by atoms with Crippen molar-refractivity contribution in [2.45, 2.75) is 20.4 Å². The number of carbonyl (C=O) groups is 1. The number of nitrogens with two attached hydrogens (primary N) is 1. The predicted octanol–water partition coefficient (Wildman–Crippen LogP) is 1.69. The van der Waals surface area contributed by atoms with E-state index >= 15 is 0 Å². The Morgan fingerprint density at radius 2 is 2.26 bits per heavy atom. The number of nitrogens with zero attached hydrogens (tertiary/aromatic N) is 2. The van der Waals surface area contributed by atoms with E-state index in [9.17, 15) is 4.79 Å². The Labute approximate surface area is 112 Å². The van der Waals surface area contributed by atoms with E-state index < -0.39 is 0 Å². The standard InChI is InChI=1S/C14H19N3O2/c1-9(7-15)14(18)17(3)8-11-4-5-12-13(6-11)19-10(2)16-12/h4-6,9H,7-8,15H2,1-3H3. The number of fused-ring (bicyclic) bond motifs is 1. The van der Waals surface area contributed by atoms with Crippen LogP contribution in [-0.4, -0.2) is 29.4 Å². The van der Waals surface area contributed by atoms with Crippen LogP contribution >= 0.6 is 0 Å². The summed E-state index contributed by atoms with van der Waals surface area (Å²) in [6, 6.07) is 5.79. The Morgan fingerprint density at radius 3 is 2.95 bits per heavy atom. The van der Waals surface area contributed by atoms with Crippen LogP contribution in [0.15, 0.2) is 22.6 Å². The lowest BCUT2D eigenvalue weighted by Gasteiger charge is -2.20. The van der Waals surface area contributed by atoms with E-state index in [1.165, 1.54) is 0 Å². The van der Waals surface area contributed by atoms with Crippen molar-refractivity contribution in [2.75, 3.05) is 13.6 Å². The molecule has 0 aliphatic rings. The van der Waals surface area contributed by atoms with Gasteiger partial charge in [-0.25, -0.2) is 4.98 Å². The molecular formula is C14H19N3O2. The Bertz CT molecular complexity index is 591. The van der Waals surface area contributed by atoms with E-state index in [0.717, 1.165) is 16.7 Å². The molecular weight excluding hydrogens is 242 g/mol. The second-order valence-corrected chi connectivity index (χ2v) is 4.87. The molecule has 0 fully saturated rings. The fourth-order valence-corrected chi connectivity index (χ4v) is 2.01. The van der Waals surface area contributed by atoms with Gasteiger partial charge in [0, 0.05) is 33.0 Å². The number of rotatable bonds is 4. The summed E-state index contributed by atoms with van der Waals surface area (Å²) < 4.78 is 5.48. The summed E-state index contributed by atoms with van der Waals surface area (Å²) >= 11 is 0. The van der Waals surface area contributed by atoms with Crippen molar-refractivity contribution in [3.8, 4) is 0 Å². The molecule has 0 radical (unpaired) electrons. The number of benzene rings is 1. The zero-order chi connectivity index (χ0) is 14.0. The second kappa shape index (κ2) is 5.40. The van der Waals surface area contributed by atoms with Gasteiger partial charge in [-0.05, 0) is 17.7 Å². The van der Waals surface area contributed by atoms with Crippen LogP contribution in [0.3, 0.4) is 0 Å². The quantitative estimate of drug-likeness (QED) is 0.909. The lowest BCUT2D eigenvalue weighted by atomic mass is 10.1. The molecule has 1 aromatic heterocycles. The highest BCUT2D eigenvalue weighted by molar-refractivity contribution is 5.78. The molecule has 5 heteroatoms. The average Bonchev–Trinajstić information content (AvgIpc) is 2.76. The molecule has 2 N–H and O–H groups in total. The SMILES string of the molecule is Cc1nc2ccc(CN(C)C(=O)C(C)CN)cc2o1. The lowest BCUT2D eigenvalue weighted by Crippen LogP contribution is -2.34. The Hall–Kier alpha value is -1.88. The van der Waals surface area contributed by atoms with E-state index in [1.54, 1.807) is 11.9 Å². The lowest BCUT2D eigenvalue weighted by molar-refractivity contribution is -0.133. The summed E-state index contributed by atoms with van der Waals surface area (Å²) in [7, 11) is 1.78. The van der Waals surface area contributed by atoms with Crippen LogP contribution in [0.25, 0.3) is 11.1 Å². The first-order valence-electron chi connectivity index (χ1n) is 6.32. The number of carbonyl (C=O) groups excluding carboxylic acids is 1. The fraction of sp³-hybridized carbons (Fsp3) is 0.429. The molecule has 0 bridgehead atoms. The van der Waals surface area contributed by atoms with Gasteiger partial charge < -0.3 is 15.1 Å². The van der Waals surface area contributed by atoms with Crippen LogP contribution in [0, 0.1) is 12.8 Å². The van der Waals surface area contributed by atoms with Crippen LogP contribution in [0.5, 0.6) is 0 Å². The molecule has 102 valence electrons. The first-order chi connectivity index (χ1) is 9.01. The molecule has 1 heterocycles. The maximum absolute atomic E-state index is 12.0. The molecule has 1 atom stereocenters. The summed E-state index contributed by atoms with van der Waals surface area (Å²) in [5, 5.41) is 0. The summed E-state index contributed by atoms with van der Waals surface area (Å²) in [5.41, 5.74) is 8.12. The van der Waals surface area contributed by atoms with Gasteiger partial charge in [0.2, 0.25) is 5.91 Å². The van der Waals surface area contributed by atoms with Crippen LogP contribution in [0.1, 0.15) is 18.4 Å². The number of oxazole rings is 1. The fourth-order valence-electron chi connectivity index (χ4n) is 2.01. The van der Waals surface area contributed by atoms with E-state index in [4.69, 9.17) is 10.2 Å². The van der Waals surface area contributed by atoms with Crippen LogP contribution < -0.4 is 5.73 Å². The molecule has 2 rings (SSSR count). The maximum atomic E-state index is 12.0. The number of aryl methyl sites for hydroxylation is 1. The van der Waals surface area contributed by atoms with E-state index in [-0.39, 0.29) is 11.8 Å². The normalized spacial score (nSPS) is 12.6. The minimum atomic E-state index is -0.152. The van der Waals surface area contributed by atoms with Crippen LogP contribution in [-0.2, 0) is 11.3 Å². The summed E-state index contributed by atoms with van der Waals surface area (Å²) in [6.45, 7) is 4.56. The van der Waals surface area contributed by atoms with Gasteiger partial charge in [-0.2, -0.15) is 0 Å². The number of amides is 1. The molecule has 5 nitrogen and oxygen atoms in total. The molecule has 0 spiro atoms. The van der Waals surface area contributed by atoms with Crippen molar-refractivity contribution >= 4 is 17.0 Å². The molecule has 1 aromatic carbocycles. The third-order valence-corrected chi connectivity index (χ3v) is 3.13. The summed E-state index contributed by atoms with van der Waals surface area (Å²) in [4.78, 5) is 17.9. The van der Waals surface area contributed by atoms with Crippen molar-refractivity contribution in [2.24, 2.45) is 11.7 Å². The Balaban J connectivity index is 2.14. The summed E-state index contributed by atoms with van der Waals surface area (Å²) in [5.74, 6) is 0.547. The molecule has 0 saturated carbocycles. The minimum Gasteiger partial charge on any atom is -0.441 e. The molecule has 19 heavy (non-hydrogen) atoms. The zero-order valence-corrected chi connectivity index (χ0v) is 11.5. The second-order valence-electron chi connectivity index (χ2n) is 4.87. The van der Waals surface area contributed by atoms with Crippen molar-refractivity contribution in [3.05, 3.63) is 29.7 Å². The monoisotopic (exact) mass is 261 g/mol. The van der Waals surface area contributed by atoms with Crippen molar-refractivity contribution < 1.29 is 9.21 Å². The zero-order valence-electron chi connectivity index (χ0n) is 11.5. The van der Waals surface area contributed by atoms with Gasteiger partial charge in [-0.3, -0.25) is 4.79 Å². The third-order valence-electron chi connectivity index (χ3n) is 3.13. The van der Waals surface area contributed by atoms with Gasteiger partial charge in [0.05, 0.1) is 0 Å². The third kappa shape index (κ3) is 2.93. The number of aromatic nitrogens is 1. The Morgan fingerprint density at radius 1 is 1.53 bits per heavy atom. The van der Waals surface area contributed by atoms with E-state index in [1.807, 2.05) is 32.0 Å². The smallest absolute Gasteiger partial charge is 0.226 e. The highest BCUT2D eigenvalue weighted by atomic mass is 16.3. The molecule has 0 aliphatic carbocycles. The molecule has 0 saturated heterocycles. The largest absolute Gasteiger partial charge is 0.441 e. The first kappa shape index (κ1) is 13.5. The van der Waals surface area contributed by atoms with Crippen LogP contribution in [0.4, 0.5) is 0 Å². The van der Waals surface area contributed by atoms with Gasteiger partial charge in [-0.15, -0.1) is 0 Å². The minimum absolute atomic E-state index is 0.0522. The van der Waals surface area contributed by atoms with Crippen molar-refractivity contribution in [1.82, 2.24) is 9.88 Å². The topological polar surface area (TPSA) is 72.4 Å². The van der Waals surface area contributed by atoms with Gasteiger partial charge in [0.25, 0.3) is 0 Å². The highest BCUT2D eigenvalue weighted by Gasteiger charge is 2.16. The Kier molecular flexibility index (Phi) is 3.85. The van der Waals surface area contributed by atoms with Gasteiger partial charge in [-0.1, -0.05) is 13.0 Å².